The quantitative estimate of drug-likeness (QED) is 0.741. The van der Waals surface area contributed by atoms with Crippen LogP contribution in [0.5, 0.6) is 0 Å². The summed E-state index contributed by atoms with van der Waals surface area (Å²) in [5.41, 5.74) is 0.323. The Morgan fingerprint density at radius 3 is 2.57 bits per heavy atom. The van der Waals surface area contributed by atoms with Gasteiger partial charge >= 0.3 is 0 Å². The van der Waals surface area contributed by atoms with Crippen molar-refractivity contribution in [3.05, 3.63) is 40.2 Å². The first-order valence-electron chi connectivity index (χ1n) is 8.14. The molecule has 0 N–H and O–H groups in total. The molecule has 2 rings (SSSR count). The van der Waals surface area contributed by atoms with Crippen molar-refractivity contribution < 1.29 is 8.82 Å². The van der Waals surface area contributed by atoms with Gasteiger partial charge in [0.05, 0.1) is 10.9 Å². The Balaban J connectivity index is 2.66. The topological polar surface area (TPSA) is 44.1 Å². The highest BCUT2D eigenvalue weighted by Gasteiger charge is 2.26. The van der Waals surface area contributed by atoms with E-state index in [0.717, 1.165) is 12.8 Å². The Morgan fingerprint density at radius 2 is 2.00 bits per heavy atom. The van der Waals surface area contributed by atoms with Gasteiger partial charge in [-0.25, -0.2) is 9.37 Å². The molecule has 1 atom stereocenters. The molecule has 126 valence electrons. The molecule has 1 aromatic carbocycles. The van der Waals surface area contributed by atoms with Crippen molar-refractivity contribution in [3.63, 3.8) is 0 Å². The summed E-state index contributed by atoms with van der Waals surface area (Å²) in [6.07, 6.45) is 1.55. The van der Waals surface area contributed by atoms with Crippen LogP contribution in [0.2, 0.25) is 19.6 Å². The van der Waals surface area contributed by atoms with E-state index in [-0.39, 0.29) is 11.7 Å². The summed E-state index contributed by atoms with van der Waals surface area (Å²) < 4.78 is 21.3. The summed E-state index contributed by atoms with van der Waals surface area (Å²) in [6.45, 7) is 10.9. The third kappa shape index (κ3) is 4.06. The Hall–Kier alpha value is -1.53. The van der Waals surface area contributed by atoms with E-state index in [1.165, 1.54) is 12.1 Å². The van der Waals surface area contributed by atoms with Gasteiger partial charge in [-0.15, -0.1) is 0 Å². The average Bonchev–Trinajstić information content (AvgIpc) is 2.46. The number of halogens is 1. The molecule has 0 fully saturated rings. The first-order valence-corrected chi connectivity index (χ1v) is 11.6. The Bertz CT molecular complexity index is 753. The molecular weight excluding hydrogens is 311 g/mol. The van der Waals surface area contributed by atoms with Crippen LogP contribution in [0, 0.1) is 5.82 Å². The maximum Gasteiger partial charge on any atom is 0.261 e. The lowest BCUT2D eigenvalue weighted by molar-refractivity contribution is 0.170. The molecular formula is C17H25FN2O2Si. The van der Waals surface area contributed by atoms with Gasteiger partial charge < -0.3 is 4.43 Å². The highest BCUT2D eigenvalue weighted by molar-refractivity contribution is 6.69. The van der Waals surface area contributed by atoms with Gasteiger partial charge in [-0.3, -0.25) is 9.36 Å². The molecule has 4 nitrogen and oxygen atoms in total. The van der Waals surface area contributed by atoms with Crippen LogP contribution >= 0.6 is 0 Å². The van der Waals surface area contributed by atoms with E-state index in [0.29, 0.717) is 23.3 Å². The van der Waals surface area contributed by atoms with Crippen molar-refractivity contribution in [2.75, 3.05) is 0 Å². The zero-order chi connectivity index (χ0) is 17.2. The fourth-order valence-electron chi connectivity index (χ4n) is 2.69. The molecule has 0 saturated heterocycles. The average molecular weight is 336 g/mol. The molecule has 6 heteroatoms. The fourth-order valence-corrected chi connectivity index (χ4v) is 3.77. The van der Waals surface area contributed by atoms with Gasteiger partial charge in [0.2, 0.25) is 0 Å². The molecule has 0 spiro atoms. The summed E-state index contributed by atoms with van der Waals surface area (Å²) in [7, 11) is -1.79. The first kappa shape index (κ1) is 17.8. The molecule has 23 heavy (non-hydrogen) atoms. The predicted molar refractivity (Wildman–Crippen MR) is 93.7 cm³/mol. The van der Waals surface area contributed by atoms with Crippen LogP contribution in [-0.2, 0) is 11.0 Å². The van der Waals surface area contributed by atoms with Crippen molar-refractivity contribution in [3.8, 4) is 0 Å². The highest BCUT2D eigenvalue weighted by atomic mass is 28.4. The highest BCUT2D eigenvalue weighted by Crippen LogP contribution is 2.26. The second-order valence-corrected chi connectivity index (χ2v) is 11.1. The third-order valence-corrected chi connectivity index (χ3v) is 4.59. The molecule has 1 aromatic heterocycles. The Kier molecular flexibility index (Phi) is 5.36. The van der Waals surface area contributed by atoms with Gasteiger partial charge in [0.25, 0.3) is 5.56 Å². The zero-order valence-electron chi connectivity index (χ0n) is 14.5. The molecule has 2 aromatic rings. The number of fused-ring (bicyclic) bond motifs is 1. The lowest BCUT2D eigenvalue weighted by atomic mass is 10.1. The maximum absolute atomic E-state index is 13.5. The molecule has 0 aliphatic carbocycles. The smallest absolute Gasteiger partial charge is 0.261 e. The van der Waals surface area contributed by atoms with Gasteiger partial charge in [-0.2, -0.15) is 0 Å². The van der Waals surface area contributed by atoms with Gasteiger partial charge in [0.15, 0.2) is 8.32 Å². The van der Waals surface area contributed by atoms with Crippen LogP contribution in [0.25, 0.3) is 10.9 Å². The maximum atomic E-state index is 13.5. The number of rotatable bonds is 6. The standard InChI is InChI=1S/C17H25FN2O2Si/c1-6-8-15(22-23(3,4)5)16-19-14-10-9-12(18)11-13(14)17(21)20(16)7-2/h9-11,15H,6-8H2,1-5H3. The summed E-state index contributed by atoms with van der Waals surface area (Å²) in [5.74, 6) is 0.233. The number of nitrogens with zero attached hydrogens (tertiary/aromatic N) is 2. The summed E-state index contributed by atoms with van der Waals surface area (Å²) in [4.78, 5) is 17.4. The van der Waals surface area contributed by atoms with E-state index in [9.17, 15) is 9.18 Å². The Labute approximate surface area is 137 Å². The Morgan fingerprint density at radius 1 is 1.30 bits per heavy atom. The molecule has 0 aliphatic rings. The molecule has 1 unspecified atom stereocenters. The molecule has 0 saturated carbocycles. The molecule has 1 heterocycles. The summed E-state index contributed by atoms with van der Waals surface area (Å²) in [5, 5.41) is 0.318. The van der Waals surface area contributed by atoms with Crippen molar-refractivity contribution in [2.45, 2.75) is 59.0 Å². The van der Waals surface area contributed by atoms with Crippen LogP contribution in [0.4, 0.5) is 4.39 Å². The first-order chi connectivity index (χ1) is 10.8. The van der Waals surface area contributed by atoms with Crippen molar-refractivity contribution in [1.82, 2.24) is 9.55 Å². The SMILES string of the molecule is CCCC(O[Si](C)(C)C)c1nc2ccc(F)cc2c(=O)n1CC. The van der Waals surface area contributed by atoms with Gasteiger partial charge in [0.1, 0.15) is 17.7 Å². The summed E-state index contributed by atoms with van der Waals surface area (Å²) in [6, 6.07) is 4.16. The van der Waals surface area contributed by atoms with Crippen molar-refractivity contribution >= 4 is 19.2 Å². The number of hydrogen-bond acceptors (Lipinski definition) is 3. The second kappa shape index (κ2) is 6.92. The van der Waals surface area contributed by atoms with E-state index >= 15 is 0 Å². The minimum absolute atomic E-state index is 0.200. The van der Waals surface area contributed by atoms with E-state index in [1.807, 2.05) is 6.92 Å². The second-order valence-electron chi connectivity index (χ2n) is 6.69. The van der Waals surface area contributed by atoms with Crippen LogP contribution in [0.1, 0.15) is 38.6 Å². The monoisotopic (exact) mass is 336 g/mol. The fraction of sp³-hybridized carbons (Fsp3) is 0.529. The molecule has 0 bridgehead atoms. The number of aromatic nitrogens is 2. The molecule has 0 amide bonds. The van der Waals surface area contributed by atoms with Gasteiger partial charge in [0, 0.05) is 6.54 Å². The minimum atomic E-state index is -1.79. The molecule has 0 radical (unpaired) electrons. The lowest BCUT2D eigenvalue weighted by Gasteiger charge is -2.27. The molecule has 0 aliphatic heterocycles. The number of hydrogen-bond donors (Lipinski definition) is 0. The van der Waals surface area contributed by atoms with Gasteiger partial charge in [-0.1, -0.05) is 13.3 Å². The van der Waals surface area contributed by atoms with E-state index in [4.69, 9.17) is 4.43 Å². The van der Waals surface area contributed by atoms with E-state index in [2.05, 4.69) is 31.5 Å². The van der Waals surface area contributed by atoms with Crippen LogP contribution in [0.3, 0.4) is 0 Å². The van der Waals surface area contributed by atoms with Crippen molar-refractivity contribution in [2.24, 2.45) is 0 Å². The zero-order valence-corrected chi connectivity index (χ0v) is 15.5. The predicted octanol–water partition coefficient (Wildman–Crippen LogP) is 4.25. The summed E-state index contributed by atoms with van der Waals surface area (Å²) >= 11 is 0. The van der Waals surface area contributed by atoms with Crippen LogP contribution < -0.4 is 5.56 Å². The third-order valence-electron chi connectivity index (χ3n) is 3.60. The normalized spacial score (nSPS) is 13.5. The van der Waals surface area contributed by atoms with Crippen LogP contribution in [0.15, 0.2) is 23.0 Å². The van der Waals surface area contributed by atoms with Gasteiger partial charge in [-0.05, 0) is 51.2 Å². The lowest BCUT2D eigenvalue weighted by Crippen LogP contribution is -2.33. The largest absolute Gasteiger partial charge is 0.408 e. The van der Waals surface area contributed by atoms with E-state index < -0.39 is 14.1 Å². The van der Waals surface area contributed by atoms with E-state index in [1.54, 1.807) is 10.6 Å². The van der Waals surface area contributed by atoms with Crippen LogP contribution in [-0.4, -0.2) is 17.9 Å². The number of benzene rings is 1. The minimum Gasteiger partial charge on any atom is -0.408 e. The van der Waals surface area contributed by atoms with Crippen molar-refractivity contribution in [1.29, 1.82) is 0 Å².